The van der Waals surface area contributed by atoms with Gasteiger partial charge in [0.25, 0.3) is 5.91 Å². The molecule has 2 aliphatic heterocycles. The summed E-state index contributed by atoms with van der Waals surface area (Å²) < 4.78 is 28.6. The van der Waals surface area contributed by atoms with Gasteiger partial charge in [-0.3, -0.25) is 4.79 Å². The van der Waals surface area contributed by atoms with Crippen molar-refractivity contribution in [3.05, 3.63) is 34.9 Å². The van der Waals surface area contributed by atoms with Gasteiger partial charge in [0.15, 0.2) is 9.84 Å². The first kappa shape index (κ1) is 15.9. The molecule has 2 heterocycles. The van der Waals surface area contributed by atoms with E-state index in [4.69, 9.17) is 4.74 Å². The lowest BCUT2D eigenvalue weighted by Crippen LogP contribution is -2.54. The summed E-state index contributed by atoms with van der Waals surface area (Å²) in [5, 5.41) is 9.25. The van der Waals surface area contributed by atoms with Crippen LogP contribution in [0.3, 0.4) is 0 Å². The van der Waals surface area contributed by atoms with Gasteiger partial charge < -0.3 is 14.7 Å². The van der Waals surface area contributed by atoms with E-state index < -0.39 is 33.5 Å². The molecule has 0 radical (unpaired) electrons. The number of carboxylic acid groups (broad SMARTS) is 1. The fourth-order valence-corrected chi connectivity index (χ4v) is 4.36. The zero-order valence-corrected chi connectivity index (χ0v) is 13.2. The van der Waals surface area contributed by atoms with Crippen LogP contribution in [0.4, 0.5) is 0 Å². The average Bonchev–Trinajstić information content (AvgIpc) is 2.53. The number of aliphatic carboxylic acids is 1. The smallest absolute Gasteiger partial charge is 0.327 e. The van der Waals surface area contributed by atoms with Crippen LogP contribution in [-0.4, -0.2) is 61.0 Å². The van der Waals surface area contributed by atoms with Crippen molar-refractivity contribution in [2.75, 3.05) is 24.7 Å². The maximum absolute atomic E-state index is 12.6. The van der Waals surface area contributed by atoms with Gasteiger partial charge in [0.1, 0.15) is 6.04 Å². The summed E-state index contributed by atoms with van der Waals surface area (Å²) in [6, 6.07) is 3.86. The molecule has 1 aromatic rings. The number of carboxylic acids is 1. The predicted octanol–water partition coefficient (Wildman–Crippen LogP) is 0.0831. The van der Waals surface area contributed by atoms with Gasteiger partial charge in [-0.15, -0.1) is 0 Å². The summed E-state index contributed by atoms with van der Waals surface area (Å²) in [4.78, 5) is 25.1. The standard InChI is InChI=1S/C15H17NO6S/c17-14(11-1-2-12-8-22-5-3-10(12)7-11)16-4-6-23(20,21)9-13(16)15(18)19/h1-2,7,13H,3-6,8-9H2,(H,18,19). The highest BCUT2D eigenvalue weighted by atomic mass is 32.2. The number of carbonyl (C=O) groups excluding carboxylic acids is 1. The van der Waals surface area contributed by atoms with Gasteiger partial charge in [-0.05, 0) is 29.7 Å². The van der Waals surface area contributed by atoms with E-state index in [1.807, 2.05) is 0 Å². The van der Waals surface area contributed by atoms with Gasteiger partial charge in [-0.1, -0.05) is 6.07 Å². The van der Waals surface area contributed by atoms with E-state index in [0.717, 1.165) is 16.0 Å². The Bertz CT molecular complexity index is 757. The number of sulfone groups is 1. The lowest BCUT2D eigenvalue weighted by Gasteiger charge is -2.33. The van der Waals surface area contributed by atoms with Crippen molar-refractivity contribution in [3.8, 4) is 0 Å². The highest BCUT2D eigenvalue weighted by molar-refractivity contribution is 7.91. The first-order valence-electron chi connectivity index (χ1n) is 7.31. The molecule has 1 N–H and O–H groups in total. The van der Waals surface area contributed by atoms with Crippen LogP contribution in [0.25, 0.3) is 0 Å². The van der Waals surface area contributed by atoms with E-state index in [2.05, 4.69) is 0 Å². The molecule has 3 rings (SSSR count). The second kappa shape index (κ2) is 5.93. The molecule has 7 nitrogen and oxygen atoms in total. The lowest BCUT2D eigenvalue weighted by molar-refractivity contribution is -0.141. The Labute approximate surface area is 133 Å². The van der Waals surface area contributed by atoms with Crippen molar-refractivity contribution in [1.82, 2.24) is 4.90 Å². The minimum atomic E-state index is -3.43. The summed E-state index contributed by atoms with van der Waals surface area (Å²) in [7, 11) is -3.43. The highest BCUT2D eigenvalue weighted by Gasteiger charge is 2.39. The largest absolute Gasteiger partial charge is 0.480 e. The number of hydrogen-bond donors (Lipinski definition) is 1. The van der Waals surface area contributed by atoms with Crippen LogP contribution in [0.1, 0.15) is 21.5 Å². The van der Waals surface area contributed by atoms with Gasteiger partial charge in [0.2, 0.25) is 0 Å². The molecule has 1 amide bonds. The molecular formula is C15H17NO6S. The Morgan fingerprint density at radius 2 is 2.04 bits per heavy atom. The maximum Gasteiger partial charge on any atom is 0.327 e. The molecule has 23 heavy (non-hydrogen) atoms. The van der Waals surface area contributed by atoms with Crippen LogP contribution in [0.15, 0.2) is 18.2 Å². The number of ether oxygens (including phenoxy) is 1. The third kappa shape index (κ3) is 3.23. The molecule has 0 spiro atoms. The Morgan fingerprint density at radius 3 is 2.78 bits per heavy atom. The lowest BCUT2D eigenvalue weighted by atomic mass is 9.99. The van der Waals surface area contributed by atoms with Crippen molar-refractivity contribution in [2.24, 2.45) is 0 Å². The first-order chi connectivity index (χ1) is 10.9. The van der Waals surface area contributed by atoms with Gasteiger partial charge >= 0.3 is 5.97 Å². The van der Waals surface area contributed by atoms with E-state index in [-0.39, 0.29) is 12.3 Å². The number of hydrogen-bond acceptors (Lipinski definition) is 5. The second-order valence-corrected chi connectivity index (χ2v) is 7.98. The van der Waals surface area contributed by atoms with E-state index >= 15 is 0 Å². The van der Waals surface area contributed by atoms with E-state index in [9.17, 15) is 23.1 Å². The van der Waals surface area contributed by atoms with Gasteiger partial charge in [0.05, 0.1) is 24.7 Å². The first-order valence-corrected chi connectivity index (χ1v) is 9.13. The zero-order chi connectivity index (χ0) is 16.6. The van der Waals surface area contributed by atoms with E-state index in [0.29, 0.717) is 25.2 Å². The fraction of sp³-hybridized carbons (Fsp3) is 0.467. The van der Waals surface area contributed by atoms with Crippen molar-refractivity contribution in [3.63, 3.8) is 0 Å². The van der Waals surface area contributed by atoms with E-state index in [1.165, 1.54) is 0 Å². The Morgan fingerprint density at radius 1 is 1.26 bits per heavy atom. The average molecular weight is 339 g/mol. The molecule has 0 saturated carbocycles. The molecule has 8 heteroatoms. The number of benzene rings is 1. The molecule has 1 unspecified atom stereocenters. The number of rotatable bonds is 2. The molecular weight excluding hydrogens is 322 g/mol. The van der Waals surface area contributed by atoms with Crippen LogP contribution in [0.2, 0.25) is 0 Å². The number of nitrogens with zero attached hydrogens (tertiary/aromatic N) is 1. The Kier molecular flexibility index (Phi) is 4.11. The molecule has 1 fully saturated rings. The van der Waals surface area contributed by atoms with Gasteiger partial charge in [-0.25, -0.2) is 13.2 Å². The Balaban J connectivity index is 1.88. The number of fused-ring (bicyclic) bond motifs is 1. The van der Waals surface area contributed by atoms with Crippen LogP contribution in [0, 0.1) is 0 Å². The minimum absolute atomic E-state index is 0.0989. The van der Waals surface area contributed by atoms with Crippen molar-refractivity contribution in [1.29, 1.82) is 0 Å². The topological polar surface area (TPSA) is 101 Å². The number of amides is 1. The quantitative estimate of drug-likeness (QED) is 0.819. The van der Waals surface area contributed by atoms with Gasteiger partial charge in [0, 0.05) is 12.1 Å². The van der Waals surface area contributed by atoms with Crippen molar-refractivity contribution in [2.45, 2.75) is 19.1 Å². The number of carbonyl (C=O) groups is 2. The maximum atomic E-state index is 12.6. The molecule has 124 valence electrons. The third-order valence-electron chi connectivity index (χ3n) is 4.20. The summed E-state index contributed by atoms with van der Waals surface area (Å²) in [5.41, 5.74) is 2.42. The van der Waals surface area contributed by atoms with Crippen LogP contribution in [0.5, 0.6) is 0 Å². The summed E-state index contributed by atoms with van der Waals surface area (Å²) in [5.74, 6) is -2.48. The highest BCUT2D eigenvalue weighted by Crippen LogP contribution is 2.21. The van der Waals surface area contributed by atoms with Crippen molar-refractivity contribution < 1.29 is 27.9 Å². The minimum Gasteiger partial charge on any atom is -0.480 e. The fourth-order valence-electron chi connectivity index (χ4n) is 2.92. The van der Waals surface area contributed by atoms with Crippen LogP contribution in [-0.2, 0) is 32.4 Å². The molecule has 1 atom stereocenters. The molecule has 0 bridgehead atoms. The molecule has 0 aromatic heterocycles. The molecule has 2 aliphatic rings. The van der Waals surface area contributed by atoms with Crippen molar-refractivity contribution >= 4 is 21.7 Å². The summed E-state index contributed by atoms with van der Waals surface area (Å²) >= 11 is 0. The van der Waals surface area contributed by atoms with Gasteiger partial charge in [-0.2, -0.15) is 0 Å². The zero-order valence-electron chi connectivity index (χ0n) is 12.4. The monoisotopic (exact) mass is 339 g/mol. The summed E-state index contributed by atoms with van der Waals surface area (Å²) in [6.07, 6.45) is 0.702. The third-order valence-corrected chi connectivity index (χ3v) is 5.83. The van der Waals surface area contributed by atoms with E-state index in [1.54, 1.807) is 18.2 Å². The molecule has 0 aliphatic carbocycles. The SMILES string of the molecule is O=C(O)C1CS(=O)(=O)CCN1C(=O)c1ccc2c(c1)CCOC2. The predicted molar refractivity (Wildman–Crippen MR) is 80.9 cm³/mol. The Hall–Kier alpha value is -1.93. The molecule has 1 aromatic carbocycles. The van der Waals surface area contributed by atoms with Crippen LogP contribution < -0.4 is 0 Å². The second-order valence-electron chi connectivity index (χ2n) is 5.75. The molecule has 1 saturated heterocycles. The normalized spacial score (nSPS) is 23.1. The van der Waals surface area contributed by atoms with Crippen LogP contribution >= 0.6 is 0 Å². The summed E-state index contributed by atoms with van der Waals surface area (Å²) in [6.45, 7) is 0.992.